The summed E-state index contributed by atoms with van der Waals surface area (Å²) in [5.41, 5.74) is 3.69. The maximum absolute atomic E-state index is 14.0. The molecule has 1 aromatic heterocycles. The second kappa shape index (κ2) is 10.1. The number of ether oxygens (including phenoxy) is 2. The first-order valence-corrected chi connectivity index (χ1v) is 11.9. The van der Waals surface area contributed by atoms with Gasteiger partial charge in [-0.2, -0.15) is 5.10 Å². The number of hydrogen-bond acceptors (Lipinski definition) is 6. The number of benzene rings is 3. The molecule has 0 fully saturated rings. The fraction of sp³-hybridized carbons (Fsp3) is 0.179. The van der Waals surface area contributed by atoms with E-state index in [9.17, 15) is 14.0 Å². The van der Waals surface area contributed by atoms with Gasteiger partial charge in [0.25, 0.3) is 5.91 Å². The lowest BCUT2D eigenvalue weighted by atomic mass is 10.1. The fourth-order valence-electron chi connectivity index (χ4n) is 4.16. The molecule has 9 heteroatoms. The summed E-state index contributed by atoms with van der Waals surface area (Å²) in [5.74, 6) is -0.634. The van der Waals surface area contributed by atoms with E-state index in [0.717, 1.165) is 12.2 Å². The summed E-state index contributed by atoms with van der Waals surface area (Å²) in [7, 11) is 1.98. The fourth-order valence-corrected chi connectivity index (χ4v) is 4.16. The molecule has 37 heavy (non-hydrogen) atoms. The van der Waals surface area contributed by atoms with Crippen molar-refractivity contribution in [1.82, 2.24) is 9.78 Å². The van der Waals surface area contributed by atoms with Gasteiger partial charge in [-0.1, -0.05) is 18.2 Å². The van der Waals surface area contributed by atoms with E-state index in [0.29, 0.717) is 40.6 Å². The molecule has 2 heterocycles. The Labute approximate surface area is 213 Å². The van der Waals surface area contributed by atoms with Gasteiger partial charge >= 0.3 is 5.97 Å². The first-order valence-electron chi connectivity index (χ1n) is 11.9. The van der Waals surface area contributed by atoms with Crippen molar-refractivity contribution >= 4 is 23.3 Å². The number of nitrogens with one attached hydrogen (secondary N) is 1. The lowest BCUT2D eigenvalue weighted by Gasteiger charge is -2.27. The first-order chi connectivity index (χ1) is 17.9. The number of hydrogen-bond donors (Lipinski definition) is 1. The van der Waals surface area contributed by atoms with Crippen LogP contribution in [0.3, 0.4) is 0 Å². The summed E-state index contributed by atoms with van der Waals surface area (Å²) in [5, 5.41) is 7.29. The minimum atomic E-state index is -0.580. The largest absolute Gasteiger partial charge is 0.490 e. The molecular weight excluding hydrogens is 475 g/mol. The predicted octanol–water partition coefficient (Wildman–Crippen LogP) is 4.94. The third-order valence-corrected chi connectivity index (χ3v) is 5.98. The molecule has 0 radical (unpaired) electrons. The molecule has 1 aliphatic heterocycles. The Morgan fingerprint density at radius 3 is 2.73 bits per heavy atom. The molecule has 3 aromatic carbocycles. The van der Waals surface area contributed by atoms with E-state index < -0.39 is 11.8 Å². The molecule has 1 aliphatic rings. The maximum atomic E-state index is 14.0. The minimum absolute atomic E-state index is 0.0922. The number of halogens is 1. The molecule has 0 unspecified atom stereocenters. The summed E-state index contributed by atoms with van der Waals surface area (Å²) in [6, 6.07) is 20.0. The lowest BCUT2D eigenvalue weighted by Crippen LogP contribution is -2.29. The quantitative estimate of drug-likeness (QED) is 0.378. The molecule has 0 atom stereocenters. The Balaban J connectivity index is 1.46. The van der Waals surface area contributed by atoms with Gasteiger partial charge in [0.05, 0.1) is 30.2 Å². The summed E-state index contributed by atoms with van der Waals surface area (Å²) in [6.07, 6.45) is 0. The van der Waals surface area contributed by atoms with Gasteiger partial charge in [-0.3, -0.25) is 4.79 Å². The molecule has 188 valence electrons. The number of aromatic nitrogens is 2. The predicted molar refractivity (Wildman–Crippen MR) is 138 cm³/mol. The van der Waals surface area contributed by atoms with Gasteiger partial charge in [0.15, 0.2) is 5.69 Å². The van der Waals surface area contributed by atoms with Crippen LogP contribution >= 0.6 is 0 Å². The van der Waals surface area contributed by atoms with E-state index in [1.54, 1.807) is 55.5 Å². The molecule has 0 bridgehead atoms. The van der Waals surface area contributed by atoms with Crippen molar-refractivity contribution in [3.05, 3.63) is 89.9 Å². The Hall–Kier alpha value is -4.66. The van der Waals surface area contributed by atoms with Crippen LogP contribution in [0, 0.1) is 5.82 Å². The Morgan fingerprint density at radius 2 is 1.92 bits per heavy atom. The highest BCUT2D eigenvalue weighted by Crippen LogP contribution is 2.32. The molecule has 0 saturated carbocycles. The smallest absolute Gasteiger partial charge is 0.358 e. The van der Waals surface area contributed by atoms with Crippen LogP contribution < -0.4 is 15.0 Å². The monoisotopic (exact) mass is 500 g/mol. The molecule has 8 nitrogen and oxygen atoms in total. The van der Waals surface area contributed by atoms with Crippen molar-refractivity contribution in [1.29, 1.82) is 0 Å². The van der Waals surface area contributed by atoms with Crippen molar-refractivity contribution in [3.63, 3.8) is 0 Å². The third kappa shape index (κ3) is 5.02. The molecule has 1 N–H and O–H groups in total. The van der Waals surface area contributed by atoms with Crippen LogP contribution in [0.1, 0.15) is 27.8 Å². The van der Waals surface area contributed by atoms with Gasteiger partial charge in [0.2, 0.25) is 0 Å². The van der Waals surface area contributed by atoms with Crippen molar-refractivity contribution in [2.75, 3.05) is 37.0 Å². The summed E-state index contributed by atoms with van der Waals surface area (Å²) in [4.78, 5) is 27.5. The average molecular weight is 501 g/mol. The minimum Gasteiger partial charge on any atom is -0.490 e. The first kappa shape index (κ1) is 24.1. The molecular formula is C28H25FN4O4. The van der Waals surface area contributed by atoms with Crippen LogP contribution in [0.2, 0.25) is 0 Å². The highest BCUT2D eigenvalue weighted by Gasteiger charge is 2.20. The van der Waals surface area contributed by atoms with E-state index in [2.05, 4.69) is 15.3 Å². The Morgan fingerprint density at radius 1 is 1.08 bits per heavy atom. The van der Waals surface area contributed by atoms with Gasteiger partial charge in [-0.15, -0.1) is 0 Å². The SMILES string of the molecule is CCOC(=O)c1cc(-c2cccc(NC(=O)c3ccc4c(c3)OCCN4C)c2)n(-c2cccc(F)c2)n1. The van der Waals surface area contributed by atoms with E-state index in [1.807, 2.05) is 19.2 Å². The number of carbonyl (C=O) groups is 2. The van der Waals surface area contributed by atoms with Crippen LogP contribution in [0.25, 0.3) is 16.9 Å². The van der Waals surface area contributed by atoms with Gasteiger partial charge in [-0.25, -0.2) is 13.9 Å². The number of nitrogens with zero attached hydrogens (tertiary/aromatic N) is 3. The number of carbonyl (C=O) groups excluding carboxylic acids is 2. The maximum Gasteiger partial charge on any atom is 0.358 e. The lowest BCUT2D eigenvalue weighted by molar-refractivity contribution is 0.0519. The summed E-state index contributed by atoms with van der Waals surface area (Å²) >= 11 is 0. The number of likely N-dealkylation sites (N-methyl/N-ethyl adjacent to an activating group) is 1. The highest BCUT2D eigenvalue weighted by atomic mass is 19.1. The third-order valence-electron chi connectivity index (χ3n) is 5.98. The molecule has 0 aliphatic carbocycles. The van der Waals surface area contributed by atoms with Crippen LogP contribution in [-0.4, -0.2) is 48.5 Å². The average Bonchev–Trinajstić information content (AvgIpc) is 3.35. The second-order valence-corrected chi connectivity index (χ2v) is 8.51. The zero-order chi connectivity index (χ0) is 25.9. The Bertz CT molecular complexity index is 1480. The van der Waals surface area contributed by atoms with Crippen molar-refractivity contribution in [2.24, 2.45) is 0 Å². The molecule has 0 saturated heterocycles. The molecule has 0 spiro atoms. The topological polar surface area (TPSA) is 85.7 Å². The van der Waals surface area contributed by atoms with E-state index in [4.69, 9.17) is 9.47 Å². The van der Waals surface area contributed by atoms with Crippen LogP contribution in [0.4, 0.5) is 15.8 Å². The van der Waals surface area contributed by atoms with E-state index >= 15 is 0 Å². The van der Waals surface area contributed by atoms with Crippen molar-refractivity contribution in [2.45, 2.75) is 6.92 Å². The Kier molecular flexibility index (Phi) is 6.59. The number of anilines is 2. The number of esters is 1. The number of amides is 1. The van der Waals surface area contributed by atoms with Gasteiger partial charge in [-0.05, 0) is 61.5 Å². The molecule has 4 aromatic rings. The standard InChI is InChI=1S/C28H25FN4O4/c1-3-36-28(35)23-17-25(33(31-23)22-9-5-7-20(29)16-22)18-6-4-8-21(14-18)30-27(34)19-10-11-24-26(15-19)37-13-12-32(24)2/h4-11,14-17H,3,12-13H2,1-2H3,(H,30,34). The number of fused-ring (bicyclic) bond motifs is 1. The summed E-state index contributed by atoms with van der Waals surface area (Å²) < 4.78 is 26.3. The number of rotatable bonds is 6. The van der Waals surface area contributed by atoms with Crippen LogP contribution in [0.5, 0.6) is 5.75 Å². The second-order valence-electron chi connectivity index (χ2n) is 8.51. The van der Waals surface area contributed by atoms with E-state index in [1.165, 1.54) is 16.8 Å². The van der Waals surface area contributed by atoms with E-state index in [-0.39, 0.29) is 18.2 Å². The highest BCUT2D eigenvalue weighted by molar-refractivity contribution is 6.05. The van der Waals surface area contributed by atoms with Gasteiger partial charge < -0.3 is 19.7 Å². The normalized spacial score (nSPS) is 12.5. The molecule has 1 amide bonds. The van der Waals surface area contributed by atoms with Crippen molar-refractivity contribution in [3.8, 4) is 22.7 Å². The summed E-state index contributed by atoms with van der Waals surface area (Å²) in [6.45, 7) is 3.26. The van der Waals surface area contributed by atoms with Crippen LogP contribution in [0.15, 0.2) is 72.8 Å². The van der Waals surface area contributed by atoms with Crippen molar-refractivity contribution < 1.29 is 23.5 Å². The zero-order valence-electron chi connectivity index (χ0n) is 20.4. The molecule has 5 rings (SSSR count). The van der Waals surface area contributed by atoms with Gasteiger partial charge in [0.1, 0.15) is 18.2 Å². The van der Waals surface area contributed by atoms with Crippen LogP contribution in [-0.2, 0) is 4.74 Å². The zero-order valence-corrected chi connectivity index (χ0v) is 20.4. The van der Waals surface area contributed by atoms with Gasteiger partial charge in [0, 0.05) is 23.9 Å².